The van der Waals surface area contributed by atoms with Crippen LogP contribution < -0.4 is 10.6 Å². The fourth-order valence-electron chi connectivity index (χ4n) is 1.60. The maximum Gasteiger partial charge on any atom is 0.335 e. The molecule has 0 aliphatic carbocycles. The molecule has 0 aliphatic heterocycles. The Morgan fingerprint density at radius 3 is 2.57 bits per heavy atom. The van der Waals surface area contributed by atoms with Gasteiger partial charge in [0.05, 0.1) is 5.56 Å². The van der Waals surface area contributed by atoms with Gasteiger partial charge in [-0.05, 0) is 17.7 Å². The summed E-state index contributed by atoms with van der Waals surface area (Å²) in [4.78, 5) is 26.1. The second-order valence-corrected chi connectivity index (χ2v) is 4.20. The van der Waals surface area contributed by atoms with Gasteiger partial charge in [0.25, 0.3) is 0 Å². The molecule has 0 saturated carbocycles. The molecule has 8 nitrogen and oxygen atoms in total. The van der Waals surface area contributed by atoms with Gasteiger partial charge in [-0.15, -0.1) is 0 Å². The van der Waals surface area contributed by atoms with Gasteiger partial charge < -0.3 is 20.3 Å². The van der Waals surface area contributed by atoms with Crippen LogP contribution in [-0.4, -0.2) is 33.8 Å². The van der Waals surface area contributed by atoms with E-state index in [1.165, 1.54) is 18.5 Å². The number of carboxylic acids is 1. The Morgan fingerprint density at radius 1 is 1.19 bits per heavy atom. The van der Waals surface area contributed by atoms with Crippen LogP contribution in [0.1, 0.15) is 21.8 Å². The Bertz CT molecular complexity index is 595. The average Bonchev–Trinajstić information content (AvgIpc) is 2.99. The summed E-state index contributed by atoms with van der Waals surface area (Å²) < 4.78 is 4.79. The van der Waals surface area contributed by atoms with Crippen molar-refractivity contribution >= 4 is 12.0 Å². The third kappa shape index (κ3) is 4.60. The van der Waals surface area contributed by atoms with E-state index in [2.05, 4.69) is 20.8 Å². The summed E-state index contributed by atoms with van der Waals surface area (Å²) in [6, 6.07) is 5.97. The topological polar surface area (TPSA) is 117 Å². The standard InChI is InChI=1S/C13H14N4O4/c18-12(19)10-3-1-9(2-4-10)7-15-13(20)14-6-5-11-16-8-17-21-11/h1-4,8H,5-7H2,(H,18,19)(H2,14,15,20). The number of amides is 2. The Labute approximate surface area is 120 Å². The highest BCUT2D eigenvalue weighted by molar-refractivity contribution is 5.87. The van der Waals surface area contributed by atoms with Crippen molar-refractivity contribution in [1.82, 2.24) is 20.8 Å². The number of urea groups is 1. The zero-order valence-corrected chi connectivity index (χ0v) is 11.1. The van der Waals surface area contributed by atoms with Gasteiger partial charge in [0.2, 0.25) is 5.89 Å². The van der Waals surface area contributed by atoms with Crippen LogP contribution in [-0.2, 0) is 13.0 Å². The third-order valence-corrected chi connectivity index (χ3v) is 2.69. The van der Waals surface area contributed by atoms with Crippen LogP contribution >= 0.6 is 0 Å². The highest BCUT2D eigenvalue weighted by Gasteiger charge is 2.04. The summed E-state index contributed by atoms with van der Waals surface area (Å²) in [5.74, 6) is -0.521. The monoisotopic (exact) mass is 290 g/mol. The van der Waals surface area contributed by atoms with Crippen molar-refractivity contribution in [1.29, 1.82) is 0 Å². The number of hydrogen-bond acceptors (Lipinski definition) is 5. The van der Waals surface area contributed by atoms with Crippen LogP contribution in [0, 0.1) is 0 Å². The lowest BCUT2D eigenvalue weighted by molar-refractivity contribution is 0.0697. The zero-order valence-electron chi connectivity index (χ0n) is 11.1. The zero-order chi connectivity index (χ0) is 15.1. The van der Waals surface area contributed by atoms with Crippen LogP contribution in [0.15, 0.2) is 35.1 Å². The summed E-state index contributed by atoms with van der Waals surface area (Å²) in [5, 5.41) is 17.5. The second-order valence-electron chi connectivity index (χ2n) is 4.20. The van der Waals surface area contributed by atoms with Crippen molar-refractivity contribution in [3.05, 3.63) is 47.6 Å². The van der Waals surface area contributed by atoms with Gasteiger partial charge in [-0.3, -0.25) is 0 Å². The largest absolute Gasteiger partial charge is 0.478 e. The van der Waals surface area contributed by atoms with Gasteiger partial charge in [-0.1, -0.05) is 17.3 Å². The molecule has 0 aliphatic rings. The van der Waals surface area contributed by atoms with E-state index < -0.39 is 5.97 Å². The smallest absolute Gasteiger partial charge is 0.335 e. The number of nitrogens with zero attached hydrogens (tertiary/aromatic N) is 2. The van der Waals surface area contributed by atoms with Crippen molar-refractivity contribution in [3.63, 3.8) is 0 Å². The molecule has 2 amide bonds. The summed E-state index contributed by atoms with van der Waals surface area (Å²) in [6.07, 6.45) is 1.76. The molecule has 0 fully saturated rings. The van der Waals surface area contributed by atoms with E-state index in [0.29, 0.717) is 25.4 Å². The SMILES string of the molecule is O=C(NCCc1ncno1)NCc1ccc(C(=O)O)cc1. The van der Waals surface area contributed by atoms with Gasteiger partial charge in [0, 0.05) is 19.5 Å². The summed E-state index contributed by atoms with van der Waals surface area (Å²) in [5.41, 5.74) is 1.02. The predicted octanol–water partition coefficient (Wildman–Crippen LogP) is 0.810. The first-order valence-corrected chi connectivity index (χ1v) is 6.24. The Balaban J connectivity index is 1.69. The van der Waals surface area contributed by atoms with Gasteiger partial charge >= 0.3 is 12.0 Å². The lowest BCUT2D eigenvalue weighted by Crippen LogP contribution is -2.36. The fraction of sp³-hybridized carbons (Fsp3) is 0.231. The van der Waals surface area contributed by atoms with Crippen LogP contribution in [0.25, 0.3) is 0 Å². The van der Waals surface area contributed by atoms with Crippen LogP contribution in [0.2, 0.25) is 0 Å². The van der Waals surface area contributed by atoms with Crippen LogP contribution in [0.5, 0.6) is 0 Å². The first-order chi connectivity index (χ1) is 10.1. The summed E-state index contributed by atoms with van der Waals surface area (Å²) in [7, 11) is 0. The van der Waals surface area contributed by atoms with Crippen LogP contribution in [0.4, 0.5) is 4.79 Å². The minimum absolute atomic E-state index is 0.211. The second kappa shape index (κ2) is 7.04. The number of hydrogen-bond donors (Lipinski definition) is 3. The van der Waals surface area contributed by atoms with Crippen LogP contribution in [0.3, 0.4) is 0 Å². The quantitative estimate of drug-likeness (QED) is 0.724. The third-order valence-electron chi connectivity index (χ3n) is 2.69. The molecule has 1 aromatic carbocycles. The highest BCUT2D eigenvalue weighted by atomic mass is 16.5. The number of carboxylic acid groups (broad SMARTS) is 1. The molecule has 2 rings (SSSR count). The molecule has 0 bridgehead atoms. The summed E-state index contributed by atoms with van der Waals surface area (Å²) >= 11 is 0. The Morgan fingerprint density at radius 2 is 1.95 bits per heavy atom. The number of rotatable bonds is 6. The molecule has 0 unspecified atom stereocenters. The molecular weight excluding hydrogens is 276 g/mol. The van der Waals surface area contributed by atoms with Gasteiger partial charge in [0.1, 0.15) is 0 Å². The molecule has 0 atom stereocenters. The van der Waals surface area contributed by atoms with Crippen molar-refractivity contribution in [2.24, 2.45) is 0 Å². The van der Waals surface area contributed by atoms with E-state index in [4.69, 9.17) is 9.63 Å². The minimum atomic E-state index is -0.978. The number of nitrogens with one attached hydrogen (secondary N) is 2. The molecule has 0 spiro atoms. The molecule has 110 valence electrons. The predicted molar refractivity (Wildman–Crippen MR) is 71.6 cm³/mol. The van der Waals surface area contributed by atoms with Gasteiger partial charge in [0.15, 0.2) is 6.33 Å². The Kier molecular flexibility index (Phi) is 4.86. The van der Waals surface area contributed by atoms with E-state index in [9.17, 15) is 9.59 Å². The molecule has 0 saturated heterocycles. The highest BCUT2D eigenvalue weighted by Crippen LogP contribution is 2.04. The number of aromatic nitrogens is 2. The molecule has 2 aromatic rings. The lowest BCUT2D eigenvalue weighted by atomic mass is 10.1. The molecule has 21 heavy (non-hydrogen) atoms. The van der Waals surface area contributed by atoms with Crippen molar-refractivity contribution < 1.29 is 19.2 Å². The molecule has 8 heteroatoms. The van der Waals surface area contributed by atoms with Crippen molar-refractivity contribution in [2.75, 3.05) is 6.54 Å². The number of carbonyl (C=O) groups excluding carboxylic acids is 1. The van der Waals surface area contributed by atoms with E-state index >= 15 is 0 Å². The minimum Gasteiger partial charge on any atom is -0.478 e. The van der Waals surface area contributed by atoms with E-state index in [0.717, 1.165) is 5.56 Å². The number of aromatic carboxylic acids is 1. The molecule has 3 N–H and O–H groups in total. The molecular formula is C13H14N4O4. The number of carbonyl (C=O) groups is 2. The fourth-order valence-corrected chi connectivity index (χ4v) is 1.60. The van der Waals surface area contributed by atoms with E-state index in [-0.39, 0.29) is 11.6 Å². The molecule has 1 heterocycles. The Hall–Kier alpha value is -2.90. The molecule has 1 aromatic heterocycles. The van der Waals surface area contributed by atoms with E-state index in [1.54, 1.807) is 12.1 Å². The van der Waals surface area contributed by atoms with Crippen molar-refractivity contribution in [2.45, 2.75) is 13.0 Å². The first kappa shape index (κ1) is 14.5. The maximum absolute atomic E-state index is 11.5. The average molecular weight is 290 g/mol. The van der Waals surface area contributed by atoms with Gasteiger partial charge in [-0.2, -0.15) is 4.98 Å². The first-order valence-electron chi connectivity index (χ1n) is 6.24. The summed E-state index contributed by atoms with van der Waals surface area (Å²) in [6.45, 7) is 0.693. The molecule has 0 radical (unpaired) electrons. The van der Waals surface area contributed by atoms with Gasteiger partial charge in [-0.25, -0.2) is 9.59 Å². The normalized spacial score (nSPS) is 10.1. The maximum atomic E-state index is 11.5. The number of benzene rings is 1. The van der Waals surface area contributed by atoms with Crippen molar-refractivity contribution in [3.8, 4) is 0 Å². The lowest BCUT2D eigenvalue weighted by Gasteiger charge is -2.07. The van der Waals surface area contributed by atoms with E-state index in [1.807, 2.05) is 0 Å².